The maximum atomic E-state index is 6.01. The van der Waals surface area contributed by atoms with Gasteiger partial charge in [0, 0.05) is 23.5 Å². The van der Waals surface area contributed by atoms with Gasteiger partial charge in [-0.05, 0) is 48.0 Å². The number of hydrogen-bond donors (Lipinski definition) is 3. The van der Waals surface area contributed by atoms with Gasteiger partial charge in [0.25, 0.3) is 0 Å². The summed E-state index contributed by atoms with van der Waals surface area (Å²) < 4.78 is 0. The number of nitrogens with zero attached hydrogens (tertiary/aromatic N) is 1. The summed E-state index contributed by atoms with van der Waals surface area (Å²) in [6.45, 7) is 0.722. The number of imidazole rings is 1. The first-order valence-corrected chi connectivity index (χ1v) is 7.77. The molecular formula is C18H15ClN4. The molecule has 5 heteroatoms. The number of aromatic nitrogens is 3. The molecule has 0 aliphatic carbocycles. The van der Waals surface area contributed by atoms with E-state index in [1.54, 1.807) is 0 Å². The van der Waals surface area contributed by atoms with Crippen molar-refractivity contribution in [1.82, 2.24) is 15.0 Å². The maximum absolute atomic E-state index is 6.01. The Kier molecular flexibility index (Phi) is 3.52. The second kappa shape index (κ2) is 5.82. The minimum absolute atomic E-state index is 0.722. The number of rotatable bonds is 4. The quantitative estimate of drug-likeness (QED) is 0.504. The predicted molar refractivity (Wildman–Crippen MR) is 94.7 cm³/mol. The van der Waals surface area contributed by atoms with E-state index < -0.39 is 0 Å². The number of nitrogens with one attached hydrogen (secondary N) is 3. The van der Waals surface area contributed by atoms with Crippen molar-refractivity contribution in [1.29, 1.82) is 0 Å². The van der Waals surface area contributed by atoms with Crippen LogP contribution in [0, 0.1) is 0 Å². The largest absolute Gasteiger partial charge is 0.381 e. The van der Waals surface area contributed by atoms with Gasteiger partial charge in [-0.15, -0.1) is 0 Å². The van der Waals surface area contributed by atoms with Gasteiger partial charge in [-0.3, -0.25) is 0 Å². The van der Waals surface area contributed by atoms with Crippen molar-refractivity contribution >= 4 is 28.3 Å². The summed E-state index contributed by atoms with van der Waals surface area (Å²) in [5.74, 6) is 0.844. The third-order valence-electron chi connectivity index (χ3n) is 3.72. The second-order valence-corrected chi connectivity index (χ2v) is 5.82. The third kappa shape index (κ3) is 2.94. The SMILES string of the molecule is Clc1cccc(CNc2ccc3[nH]c(-c4ccc[nH]4)nc3c2)c1. The smallest absolute Gasteiger partial charge is 0.154 e. The zero-order valence-electron chi connectivity index (χ0n) is 12.3. The van der Waals surface area contributed by atoms with Crippen LogP contribution in [0.25, 0.3) is 22.6 Å². The van der Waals surface area contributed by atoms with E-state index >= 15 is 0 Å². The summed E-state index contributed by atoms with van der Waals surface area (Å²) in [6.07, 6.45) is 1.89. The predicted octanol–water partition coefficient (Wildman–Crippen LogP) is 4.82. The summed E-state index contributed by atoms with van der Waals surface area (Å²) in [5, 5.41) is 4.16. The lowest BCUT2D eigenvalue weighted by Crippen LogP contribution is -1.98. The zero-order chi connectivity index (χ0) is 15.6. The molecule has 0 saturated carbocycles. The van der Waals surface area contributed by atoms with Crippen LogP contribution in [0.15, 0.2) is 60.8 Å². The average molecular weight is 323 g/mol. The fourth-order valence-electron chi connectivity index (χ4n) is 2.57. The molecule has 0 bridgehead atoms. The summed E-state index contributed by atoms with van der Waals surface area (Å²) >= 11 is 6.01. The Labute approximate surface area is 138 Å². The summed E-state index contributed by atoms with van der Waals surface area (Å²) in [5.41, 5.74) is 5.11. The number of benzene rings is 2. The van der Waals surface area contributed by atoms with Crippen LogP contribution in [0.4, 0.5) is 5.69 Å². The van der Waals surface area contributed by atoms with Gasteiger partial charge < -0.3 is 15.3 Å². The minimum atomic E-state index is 0.722. The maximum Gasteiger partial charge on any atom is 0.154 e. The van der Waals surface area contributed by atoms with E-state index in [4.69, 9.17) is 11.6 Å². The third-order valence-corrected chi connectivity index (χ3v) is 3.96. The van der Waals surface area contributed by atoms with Crippen LogP contribution in [0.5, 0.6) is 0 Å². The molecule has 0 atom stereocenters. The normalized spacial score (nSPS) is 11.0. The molecule has 0 radical (unpaired) electrons. The Hall–Kier alpha value is -2.72. The Morgan fingerprint density at radius 2 is 2.00 bits per heavy atom. The minimum Gasteiger partial charge on any atom is -0.381 e. The topological polar surface area (TPSA) is 56.5 Å². The van der Waals surface area contributed by atoms with E-state index in [1.807, 2.05) is 54.7 Å². The lowest BCUT2D eigenvalue weighted by molar-refractivity contribution is 1.15. The highest BCUT2D eigenvalue weighted by molar-refractivity contribution is 6.30. The van der Waals surface area contributed by atoms with E-state index in [0.29, 0.717) is 0 Å². The number of fused-ring (bicyclic) bond motifs is 1. The van der Waals surface area contributed by atoms with Gasteiger partial charge in [-0.1, -0.05) is 23.7 Å². The van der Waals surface area contributed by atoms with Crippen LogP contribution >= 0.6 is 11.6 Å². The molecule has 2 heterocycles. The molecule has 0 aliphatic rings. The number of halogens is 1. The van der Waals surface area contributed by atoms with Gasteiger partial charge in [-0.25, -0.2) is 4.98 Å². The molecule has 0 aliphatic heterocycles. The van der Waals surface area contributed by atoms with Crippen LogP contribution in [0.3, 0.4) is 0 Å². The lowest BCUT2D eigenvalue weighted by atomic mass is 10.2. The van der Waals surface area contributed by atoms with Gasteiger partial charge >= 0.3 is 0 Å². The first kappa shape index (κ1) is 13.9. The average Bonchev–Trinajstić information content (AvgIpc) is 3.21. The highest BCUT2D eigenvalue weighted by Crippen LogP contribution is 2.22. The highest BCUT2D eigenvalue weighted by atomic mass is 35.5. The van der Waals surface area contributed by atoms with Crippen LogP contribution in [0.1, 0.15) is 5.56 Å². The number of aromatic amines is 2. The van der Waals surface area contributed by atoms with Crippen LogP contribution in [-0.2, 0) is 6.54 Å². The van der Waals surface area contributed by atoms with Crippen molar-refractivity contribution in [2.75, 3.05) is 5.32 Å². The highest BCUT2D eigenvalue weighted by Gasteiger charge is 2.06. The summed E-state index contributed by atoms with van der Waals surface area (Å²) in [7, 11) is 0. The Morgan fingerprint density at radius 1 is 1.04 bits per heavy atom. The van der Waals surface area contributed by atoms with Gasteiger partial charge in [0.05, 0.1) is 16.7 Å². The Bertz CT molecular complexity index is 941. The fraction of sp³-hybridized carbons (Fsp3) is 0.0556. The summed E-state index contributed by atoms with van der Waals surface area (Å²) in [6, 6.07) is 17.9. The zero-order valence-corrected chi connectivity index (χ0v) is 13.1. The molecule has 0 unspecified atom stereocenters. The Balaban J connectivity index is 1.56. The molecule has 4 aromatic rings. The van der Waals surface area contributed by atoms with Crippen molar-refractivity contribution in [3.05, 3.63) is 71.4 Å². The van der Waals surface area contributed by atoms with E-state index in [1.165, 1.54) is 0 Å². The number of H-pyrrole nitrogens is 2. The van der Waals surface area contributed by atoms with Crippen molar-refractivity contribution in [2.45, 2.75) is 6.54 Å². The number of anilines is 1. The van der Waals surface area contributed by atoms with Crippen molar-refractivity contribution in [3.8, 4) is 11.5 Å². The van der Waals surface area contributed by atoms with Crippen LogP contribution in [0.2, 0.25) is 5.02 Å². The van der Waals surface area contributed by atoms with Gasteiger partial charge in [-0.2, -0.15) is 0 Å². The molecule has 2 aromatic carbocycles. The van der Waals surface area contributed by atoms with Crippen molar-refractivity contribution in [2.24, 2.45) is 0 Å². The molecular weight excluding hydrogens is 308 g/mol. The van der Waals surface area contributed by atoms with Crippen molar-refractivity contribution in [3.63, 3.8) is 0 Å². The lowest BCUT2D eigenvalue weighted by Gasteiger charge is -2.06. The van der Waals surface area contributed by atoms with E-state index in [-0.39, 0.29) is 0 Å². The molecule has 0 saturated heterocycles. The standard InChI is InChI=1S/C18H15ClN4/c19-13-4-1-3-12(9-13)11-21-14-6-7-15-17(10-14)23-18(22-15)16-5-2-8-20-16/h1-10,20-21H,11H2,(H,22,23). The number of hydrogen-bond acceptors (Lipinski definition) is 2. The van der Waals surface area contributed by atoms with Crippen molar-refractivity contribution < 1.29 is 0 Å². The second-order valence-electron chi connectivity index (χ2n) is 5.38. The van der Waals surface area contributed by atoms with Crippen LogP contribution < -0.4 is 5.32 Å². The summed E-state index contributed by atoms with van der Waals surface area (Å²) in [4.78, 5) is 11.1. The monoisotopic (exact) mass is 322 g/mol. The van der Waals surface area contributed by atoms with E-state index in [2.05, 4.69) is 26.3 Å². The molecule has 3 N–H and O–H groups in total. The van der Waals surface area contributed by atoms with E-state index in [9.17, 15) is 0 Å². The van der Waals surface area contributed by atoms with Gasteiger partial charge in [0.15, 0.2) is 5.82 Å². The first-order valence-electron chi connectivity index (χ1n) is 7.40. The molecule has 0 amide bonds. The Morgan fingerprint density at radius 3 is 2.83 bits per heavy atom. The molecule has 0 spiro atoms. The van der Waals surface area contributed by atoms with E-state index in [0.717, 1.165) is 45.4 Å². The van der Waals surface area contributed by atoms with Gasteiger partial charge in [0.1, 0.15) is 0 Å². The van der Waals surface area contributed by atoms with Crippen LogP contribution in [-0.4, -0.2) is 15.0 Å². The van der Waals surface area contributed by atoms with Gasteiger partial charge in [0.2, 0.25) is 0 Å². The molecule has 0 fully saturated rings. The molecule has 2 aromatic heterocycles. The molecule has 4 rings (SSSR count). The fourth-order valence-corrected chi connectivity index (χ4v) is 2.78. The molecule has 114 valence electrons. The molecule has 4 nitrogen and oxygen atoms in total. The molecule has 23 heavy (non-hydrogen) atoms. The first-order chi connectivity index (χ1) is 11.3.